The predicted molar refractivity (Wildman–Crippen MR) is 68.9 cm³/mol. The van der Waals surface area contributed by atoms with Crippen LogP contribution in [0.1, 0.15) is 30.1 Å². The second-order valence-corrected chi connectivity index (χ2v) is 5.24. The van der Waals surface area contributed by atoms with Gasteiger partial charge >= 0.3 is 0 Å². The van der Waals surface area contributed by atoms with Crippen LogP contribution in [0.4, 0.5) is 0 Å². The van der Waals surface area contributed by atoms with Gasteiger partial charge in [-0.1, -0.05) is 0 Å². The van der Waals surface area contributed by atoms with Crippen molar-refractivity contribution in [2.75, 3.05) is 6.54 Å². The number of carbonyl (C=O) groups excluding carboxylic acids is 1. The highest BCUT2D eigenvalue weighted by Gasteiger charge is 2.25. The van der Waals surface area contributed by atoms with Crippen molar-refractivity contribution in [2.45, 2.75) is 25.8 Å². The van der Waals surface area contributed by atoms with Crippen LogP contribution < -0.4 is 0 Å². The first kappa shape index (κ1) is 10.9. The zero-order valence-electron chi connectivity index (χ0n) is 8.74. The summed E-state index contributed by atoms with van der Waals surface area (Å²) in [5.41, 5.74) is 0.809. The fourth-order valence-corrected chi connectivity index (χ4v) is 2.35. The van der Waals surface area contributed by atoms with Crippen molar-refractivity contribution in [3.8, 4) is 0 Å². The Morgan fingerprint density at radius 1 is 1.40 bits per heavy atom. The third kappa shape index (κ3) is 2.33. The molecule has 0 radical (unpaired) electrons. The maximum Gasteiger partial charge on any atom is 0.254 e. The highest BCUT2D eigenvalue weighted by atomic mass is 127. The Bertz CT molecular complexity index is 360. The number of likely N-dealkylation sites (tertiary alicyclic amines) is 1. The Kier molecular flexibility index (Phi) is 3.29. The third-order valence-corrected chi connectivity index (χ3v) is 3.62. The molecule has 0 spiro atoms. The standard InChI is InChI=1S/C12H14INO/c1-9-3-2-8-14(9)12(15)10-4-6-11(13)7-5-10/h4-7,9H,2-3,8H2,1H3/t9-/m1/s1. The van der Waals surface area contributed by atoms with E-state index in [9.17, 15) is 4.79 Å². The van der Waals surface area contributed by atoms with Gasteiger partial charge in [0, 0.05) is 21.7 Å². The van der Waals surface area contributed by atoms with Gasteiger partial charge < -0.3 is 4.90 Å². The molecular weight excluding hydrogens is 301 g/mol. The predicted octanol–water partition coefficient (Wildman–Crippen LogP) is 2.92. The molecular formula is C12H14INO. The SMILES string of the molecule is C[C@@H]1CCCN1C(=O)c1ccc(I)cc1. The van der Waals surface area contributed by atoms with E-state index in [1.165, 1.54) is 3.57 Å². The second-order valence-electron chi connectivity index (χ2n) is 4.00. The number of amides is 1. The molecule has 1 aromatic rings. The first-order chi connectivity index (χ1) is 7.18. The van der Waals surface area contributed by atoms with Crippen LogP contribution in [0.2, 0.25) is 0 Å². The van der Waals surface area contributed by atoms with Crippen LogP contribution in [0.15, 0.2) is 24.3 Å². The molecule has 0 N–H and O–H groups in total. The summed E-state index contributed by atoms with van der Waals surface area (Å²) in [6.45, 7) is 3.03. The zero-order valence-corrected chi connectivity index (χ0v) is 10.9. The van der Waals surface area contributed by atoms with Crippen LogP contribution in [-0.4, -0.2) is 23.4 Å². The summed E-state index contributed by atoms with van der Waals surface area (Å²) in [7, 11) is 0. The molecule has 1 atom stereocenters. The minimum absolute atomic E-state index is 0.177. The van der Waals surface area contributed by atoms with Crippen LogP contribution >= 0.6 is 22.6 Å². The summed E-state index contributed by atoms with van der Waals surface area (Å²) in [5, 5.41) is 0. The van der Waals surface area contributed by atoms with Crippen molar-refractivity contribution in [1.82, 2.24) is 4.90 Å². The van der Waals surface area contributed by atoms with Crippen molar-refractivity contribution in [2.24, 2.45) is 0 Å². The Morgan fingerprint density at radius 3 is 2.60 bits per heavy atom. The largest absolute Gasteiger partial charge is 0.336 e. The molecule has 0 aromatic heterocycles. The lowest BCUT2D eigenvalue weighted by Crippen LogP contribution is -2.33. The summed E-state index contributed by atoms with van der Waals surface area (Å²) in [6, 6.07) is 8.18. The number of benzene rings is 1. The van der Waals surface area contributed by atoms with E-state index in [2.05, 4.69) is 29.5 Å². The molecule has 3 heteroatoms. The molecule has 1 amide bonds. The molecule has 1 saturated heterocycles. The highest BCUT2D eigenvalue weighted by Crippen LogP contribution is 2.19. The van der Waals surface area contributed by atoms with Crippen molar-refractivity contribution >= 4 is 28.5 Å². The number of hydrogen-bond acceptors (Lipinski definition) is 1. The van der Waals surface area contributed by atoms with Crippen molar-refractivity contribution in [3.05, 3.63) is 33.4 Å². The summed E-state index contributed by atoms with van der Waals surface area (Å²) in [4.78, 5) is 14.1. The zero-order chi connectivity index (χ0) is 10.8. The van der Waals surface area contributed by atoms with Crippen LogP contribution in [0.25, 0.3) is 0 Å². The number of halogens is 1. The minimum atomic E-state index is 0.177. The van der Waals surface area contributed by atoms with Crippen LogP contribution in [0, 0.1) is 3.57 Å². The summed E-state index contributed by atoms with van der Waals surface area (Å²) in [6.07, 6.45) is 2.27. The van der Waals surface area contributed by atoms with E-state index in [4.69, 9.17) is 0 Å². The van der Waals surface area contributed by atoms with E-state index >= 15 is 0 Å². The summed E-state index contributed by atoms with van der Waals surface area (Å²) in [5.74, 6) is 0.177. The Hall–Kier alpha value is -0.580. The van der Waals surface area contributed by atoms with E-state index in [0.717, 1.165) is 24.9 Å². The molecule has 0 unspecified atom stereocenters. The normalized spacial score (nSPS) is 20.7. The number of nitrogens with zero attached hydrogens (tertiary/aromatic N) is 1. The Balaban J connectivity index is 2.17. The second kappa shape index (κ2) is 4.51. The Morgan fingerprint density at radius 2 is 2.07 bits per heavy atom. The minimum Gasteiger partial charge on any atom is -0.336 e. The molecule has 1 aromatic carbocycles. The van der Waals surface area contributed by atoms with Gasteiger partial charge in [-0.2, -0.15) is 0 Å². The molecule has 1 aliphatic rings. The molecule has 2 rings (SSSR count). The molecule has 1 heterocycles. The number of rotatable bonds is 1. The first-order valence-electron chi connectivity index (χ1n) is 5.25. The number of hydrogen-bond donors (Lipinski definition) is 0. The van der Waals surface area contributed by atoms with Gasteiger partial charge in [-0.05, 0) is 66.6 Å². The Labute approximate surface area is 104 Å². The molecule has 80 valence electrons. The third-order valence-electron chi connectivity index (χ3n) is 2.91. The first-order valence-corrected chi connectivity index (χ1v) is 6.33. The van der Waals surface area contributed by atoms with E-state index in [-0.39, 0.29) is 5.91 Å². The van der Waals surface area contributed by atoms with Gasteiger partial charge in [0.2, 0.25) is 0 Å². The molecule has 15 heavy (non-hydrogen) atoms. The van der Waals surface area contributed by atoms with Crippen molar-refractivity contribution in [3.63, 3.8) is 0 Å². The molecule has 0 aliphatic carbocycles. The van der Waals surface area contributed by atoms with Gasteiger partial charge in [-0.15, -0.1) is 0 Å². The van der Waals surface area contributed by atoms with E-state index < -0.39 is 0 Å². The highest BCUT2D eigenvalue weighted by molar-refractivity contribution is 14.1. The van der Waals surface area contributed by atoms with Gasteiger partial charge in [0.25, 0.3) is 5.91 Å². The summed E-state index contributed by atoms with van der Waals surface area (Å²) >= 11 is 2.25. The molecule has 1 fully saturated rings. The number of carbonyl (C=O) groups is 1. The molecule has 0 saturated carbocycles. The quantitative estimate of drug-likeness (QED) is 0.730. The van der Waals surface area contributed by atoms with E-state index in [1.807, 2.05) is 29.2 Å². The topological polar surface area (TPSA) is 20.3 Å². The fourth-order valence-electron chi connectivity index (χ4n) is 1.99. The van der Waals surface area contributed by atoms with Gasteiger partial charge in [0.05, 0.1) is 0 Å². The lowest BCUT2D eigenvalue weighted by Gasteiger charge is -2.21. The van der Waals surface area contributed by atoms with Crippen molar-refractivity contribution < 1.29 is 4.79 Å². The lowest BCUT2D eigenvalue weighted by molar-refractivity contribution is 0.0747. The average molecular weight is 315 g/mol. The van der Waals surface area contributed by atoms with E-state index in [0.29, 0.717) is 6.04 Å². The fraction of sp³-hybridized carbons (Fsp3) is 0.417. The van der Waals surface area contributed by atoms with E-state index in [1.54, 1.807) is 0 Å². The smallest absolute Gasteiger partial charge is 0.254 e. The van der Waals surface area contributed by atoms with Gasteiger partial charge in [-0.3, -0.25) is 4.79 Å². The maximum absolute atomic E-state index is 12.1. The average Bonchev–Trinajstić information content (AvgIpc) is 2.65. The van der Waals surface area contributed by atoms with Crippen LogP contribution in [-0.2, 0) is 0 Å². The van der Waals surface area contributed by atoms with Crippen molar-refractivity contribution in [1.29, 1.82) is 0 Å². The molecule has 0 bridgehead atoms. The summed E-state index contributed by atoms with van der Waals surface area (Å²) < 4.78 is 1.17. The monoisotopic (exact) mass is 315 g/mol. The van der Waals surface area contributed by atoms with Gasteiger partial charge in [0.15, 0.2) is 0 Å². The van der Waals surface area contributed by atoms with Crippen LogP contribution in [0.3, 0.4) is 0 Å². The molecule has 1 aliphatic heterocycles. The maximum atomic E-state index is 12.1. The van der Waals surface area contributed by atoms with Crippen LogP contribution in [0.5, 0.6) is 0 Å². The van der Waals surface area contributed by atoms with Gasteiger partial charge in [0.1, 0.15) is 0 Å². The lowest BCUT2D eigenvalue weighted by atomic mass is 10.2. The van der Waals surface area contributed by atoms with Gasteiger partial charge in [-0.25, -0.2) is 0 Å². The molecule has 2 nitrogen and oxygen atoms in total.